The zero-order valence-corrected chi connectivity index (χ0v) is 10.8. The molecule has 1 aromatic heterocycles. The molecule has 19 heavy (non-hydrogen) atoms. The molecule has 0 spiro atoms. The van der Waals surface area contributed by atoms with E-state index in [9.17, 15) is 4.79 Å². The van der Waals surface area contributed by atoms with E-state index in [0.29, 0.717) is 22.8 Å². The molecule has 0 saturated heterocycles. The first kappa shape index (κ1) is 12.9. The van der Waals surface area contributed by atoms with E-state index in [4.69, 9.17) is 14.0 Å². The predicted octanol–water partition coefficient (Wildman–Crippen LogP) is 2.15. The summed E-state index contributed by atoms with van der Waals surface area (Å²) in [7, 11) is 4.35. The molecule has 1 heterocycles. The molecule has 0 aliphatic rings. The van der Waals surface area contributed by atoms with Crippen molar-refractivity contribution in [3.8, 4) is 22.8 Å². The Hall–Kier alpha value is -2.50. The summed E-state index contributed by atoms with van der Waals surface area (Å²) in [6, 6.07) is 6.79. The molecule has 0 radical (unpaired) electrons. The fourth-order valence-corrected chi connectivity index (χ4v) is 1.69. The third-order valence-electron chi connectivity index (χ3n) is 2.58. The molecule has 0 N–H and O–H groups in total. The van der Waals surface area contributed by atoms with E-state index in [0.717, 1.165) is 0 Å². The summed E-state index contributed by atoms with van der Waals surface area (Å²) in [6.07, 6.45) is 0. The predicted molar refractivity (Wildman–Crippen MR) is 66.4 cm³/mol. The Morgan fingerprint density at radius 1 is 1.16 bits per heavy atom. The zero-order valence-electron chi connectivity index (χ0n) is 10.8. The van der Waals surface area contributed by atoms with E-state index < -0.39 is 5.97 Å². The molecule has 0 atom stereocenters. The lowest BCUT2D eigenvalue weighted by Crippen LogP contribution is -2.00. The molecule has 6 heteroatoms. The van der Waals surface area contributed by atoms with Crippen LogP contribution in [0.4, 0.5) is 0 Å². The van der Waals surface area contributed by atoms with Crippen LogP contribution in [0.5, 0.6) is 11.5 Å². The van der Waals surface area contributed by atoms with Crippen LogP contribution in [0.1, 0.15) is 10.5 Å². The SMILES string of the molecule is COC(=O)c1cc(-c2c(OC)cccc2OC)on1. The fourth-order valence-electron chi connectivity index (χ4n) is 1.69. The average Bonchev–Trinajstić information content (AvgIpc) is 2.94. The van der Waals surface area contributed by atoms with Gasteiger partial charge in [0.15, 0.2) is 11.5 Å². The maximum atomic E-state index is 11.4. The molecule has 6 nitrogen and oxygen atoms in total. The van der Waals surface area contributed by atoms with Crippen LogP contribution in [0, 0.1) is 0 Å². The number of hydrogen-bond donors (Lipinski definition) is 0. The van der Waals surface area contributed by atoms with Gasteiger partial charge < -0.3 is 18.7 Å². The number of nitrogens with zero attached hydrogens (tertiary/aromatic N) is 1. The summed E-state index contributed by atoms with van der Waals surface area (Å²) in [4.78, 5) is 11.4. The number of methoxy groups -OCH3 is 3. The van der Waals surface area contributed by atoms with E-state index >= 15 is 0 Å². The van der Waals surface area contributed by atoms with Crippen molar-refractivity contribution in [3.63, 3.8) is 0 Å². The minimum atomic E-state index is -0.566. The second-order valence-electron chi connectivity index (χ2n) is 3.61. The van der Waals surface area contributed by atoms with Gasteiger partial charge in [-0.2, -0.15) is 0 Å². The molecule has 0 aliphatic carbocycles. The Morgan fingerprint density at radius 2 is 1.79 bits per heavy atom. The van der Waals surface area contributed by atoms with Crippen molar-refractivity contribution >= 4 is 5.97 Å². The summed E-state index contributed by atoms with van der Waals surface area (Å²) in [5, 5.41) is 3.65. The summed E-state index contributed by atoms with van der Waals surface area (Å²) in [6.45, 7) is 0. The molecule has 0 saturated carbocycles. The number of ether oxygens (including phenoxy) is 3. The monoisotopic (exact) mass is 263 g/mol. The second kappa shape index (κ2) is 5.43. The minimum Gasteiger partial charge on any atom is -0.496 e. The Morgan fingerprint density at radius 3 is 2.32 bits per heavy atom. The van der Waals surface area contributed by atoms with Crippen LogP contribution in [0.3, 0.4) is 0 Å². The van der Waals surface area contributed by atoms with E-state index in [2.05, 4.69) is 9.89 Å². The molecule has 2 rings (SSSR count). The Labute approximate surface area is 109 Å². The number of carbonyl (C=O) groups is 1. The highest BCUT2D eigenvalue weighted by molar-refractivity contribution is 5.88. The summed E-state index contributed by atoms with van der Waals surface area (Å²) < 4.78 is 20.2. The number of carbonyl (C=O) groups excluding carboxylic acids is 1. The van der Waals surface area contributed by atoms with Gasteiger partial charge in [0.1, 0.15) is 17.1 Å². The van der Waals surface area contributed by atoms with E-state index in [-0.39, 0.29) is 5.69 Å². The van der Waals surface area contributed by atoms with Gasteiger partial charge in [0.25, 0.3) is 0 Å². The van der Waals surface area contributed by atoms with E-state index in [1.54, 1.807) is 18.2 Å². The molecule has 0 bridgehead atoms. The van der Waals surface area contributed by atoms with Crippen LogP contribution in [0.2, 0.25) is 0 Å². The van der Waals surface area contributed by atoms with Gasteiger partial charge in [-0.25, -0.2) is 4.79 Å². The third kappa shape index (κ3) is 2.37. The third-order valence-corrected chi connectivity index (χ3v) is 2.58. The molecule has 100 valence electrons. The first-order valence-corrected chi connectivity index (χ1v) is 5.47. The van der Waals surface area contributed by atoms with Gasteiger partial charge in [-0.3, -0.25) is 0 Å². The van der Waals surface area contributed by atoms with Crippen molar-refractivity contribution in [2.45, 2.75) is 0 Å². The van der Waals surface area contributed by atoms with Crippen LogP contribution in [0.15, 0.2) is 28.8 Å². The number of hydrogen-bond acceptors (Lipinski definition) is 6. The van der Waals surface area contributed by atoms with Gasteiger partial charge in [0, 0.05) is 6.07 Å². The van der Waals surface area contributed by atoms with E-state index in [1.165, 1.54) is 27.4 Å². The standard InChI is InChI=1S/C13H13NO5/c1-16-9-5-4-6-10(17-2)12(9)11-7-8(14-19-11)13(15)18-3/h4-7H,1-3H3. The van der Waals surface area contributed by atoms with Crippen molar-refractivity contribution in [2.24, 2.45) is 0 Å². The minimum absolute atomic E-state index is 0.0884. The molecule has 0 aliphatic heterocycles. The van der Waals surface area contributed by atoms with Crippen molar-refractivity contribution in [3.05, 3.63) is 30.0 Å². The first-order valence-electron chi connectivity index (χ1n) is 5.47. The summed E-state index contributed by atoms with van der Waals surface area (Å²) in [5.74, 6) is 0.928. The summed E-state index contributed by atoms with van der Waals surface area (Å²) in [5.41, 5.74) is 0.681. The van der Waals surface area contributed by atoms with Gasteiger partial charge in [0.05, 0.1) is 21.3 Å². The quantitative estimate of drug-likeness (QED) is 0.787. The smallest absolute Gasteiger partial charge is 0.360 e. The highest BCUT2D eigenvalue weighted by Gasteiger charge is 2.20. The maximum Gasteiger partial charge on any atom is 0.360 e. The van der Waals surface area contributed by atoms with Gasteiger partial charge >= 0.3 is 5.97 Å². The Balaban J connectivity index is 2.51. The van der Waals surface area contributed by atoms with Crippen LogP contribution < -0.4 is 9.47 Å². The molecule has 2 aromatic rings. The number of esters is 1. The van der Waals surface area contributed by atoms with Gasteiger partial charge in [-0.1, -0.05) is 11.2 Å². The van der Waals surface area contributed by atoms with Crippen molar-refractivity contribution in [2.75, 3.05) is 21.3 Å². The molecular formula is C13H13NO5. The first-order chi connectivity index (χ1) is 9.21. The molecule has 0 unspecified atom stereocenters. The summed E-state index contributed by atoms with van der Waals surface area (Å²) >= 11 is 0. The Bertz CT molecular complexity index is 568. The zero-order chi connectivity index (χ0) is 13.8. The van der Waals surface area contributed by atoms with Crippen LogP contribution in [-0.2, 0) is 4.74 Å². The molecular weight excluding hydrogens is 250 g/mol. The lowest BCUT2D eigenvalue weighted by molar-refractivity contribution is 0.0589. The lowest BCUT2D eigenvalue weighted by Gasteiger charge is -2.09. The largest absolute Gasteiger partial charge is 0.496 e. The van der Waals surface area contributed by atoms with Crippen LogP contribution in [-0.4, -0.2) is 32.5 Å². The highest BCUT2D eigenvalue weighted by atomic mass is 16.5. The normalized spacial score (nSPS) is 10.1. The van der Waals surface area contributed by atoms with Crippen LogP contribution in [0.25, 0.3) is 11.3 Å². The average molecular weight is 263 g/mol. The van der Waals surface area contributed by atoms with Gasteiger partial charge in [-0.15, -0.1) is 0 Å². The van der Waals surface area contributed by atoms with Crippen LogP contribution >= 0.6 is 0 Å². The number of aromatic nitrogens is 1. The fraction of sp³-hybridized carbons (Fsp3) is 0.231. The van der Waals surface area contributed by atoms with Crippen molar-refractivity contribution < 1.29 is 23.5 Å². The second-order valence-corrected chi connectivity index (χ2v) is 3.61. The van der Waals surface area contributed by atoms with Gasteiger partial charge in [-0.05, 0) is 12.1 Å². The molecule has 0 fully saturated rings. The highest BCUT2D eigenvalue weighted by Crippen LogP contribution is 2.38. The van der Waals surface area contributed by atoms with Crippen molar-refractivity contribution in [1.29, 1.82) is 0 Å². The lowest BCUT2D eigenvalue weighted by atomic mass is 10.1. The van der Waals surface area contributed by atoms with Crippen molar-refractivity contribution in [1.82, 2.24) is 5.16 Å². The Kier molecular flexibility index (Phi) is 3.70. The maximum absolute atomic E-state index is 11.4. The number of rotatable bonds is 4. The topological polar surface area (TPSA) is 70.8 Å². The van der Waals surface area contributed by atoms with E-state index in [1.807, 2.05) is 0 Å². The number of benzene rings is 1. The molecule has 0 amide bonds. The van der Waals surface area contributed by atoms with Gasteiger partial charge in [0.2, 0.25) is 0 Å². The molecule has 1 aromatic carbocycles.